The topological polar surface area (TPSA) is 43.8 Å². The summed E-state index contributed by atoms with van der Waals surface area (Å²) in [4.78, 5) is 0. The van der Waals surface area contributed by atoms with Crippen molar-refractivity contribution in [3.05, 3.63) is 28.6 Å². The highest BCUT2D eigenvalue weighted by Gasteiger charge is 2.10. The third-order valence-electron chi connectivity index (χ3n) is 2.33. The minimum absolute atomic E-state index is 0.357. The molecular formula is C11H15N3S. The van der Waals surface area contributed by atoms with Gasteiger partial charge in [0.2, 0.25) is 0 Å². The summed E-state index contributed by atoms with van der Waals surface area (Å²) in [5, 5.41) is 8.73. The van der Waals surface area contributed by atoms with Crippen molar-refractivity contribution in [1.29, 1.82) is 0 Å². The summed E-state index contributed by atoms with van der Waals surface area (Å²) < 4.78 is 1.99. The lowest BCUT2D eigenvalue weighted by atomic mass is 10.2. The van der Waals surface area contributed by atoms with E-state index in [2.05, 4.69) is 41.8 Å². The molecule has 3 nitrogen and oxygen atoms in total. The van der Waals surface area contributed by atoms with Crippen molar-refractivity contribution in [3.8, 4) is 11.3 Å². The number of hydrogen-bond donors (Lipinski definition) is 1. The van der Waals surface area contributed by atoms with E-state index in [0.717, 1.165) is 11.4 Å². The molecule has 0 radical (unpaired) electrons. The molecule has 15 heavy (non-hydrogen) atoms. The van der Waals surface area contributed by atoms with Crippen LogP contribution in [-0.4, -0.2) is 9.78 Å². The van der Waals surface area contributed by atoms with Gasteiger partial charge in [0.05, 0.1) is 11.4 Å². The minimum atomic E-state index is 0.357. The van der Waals surface area contributed by atoms with Gasteiger partial charge < -0.3 is 5.73 Å². The zero-order chi connectivity index (χ0) is 10.8. The summed E-state index contributed by atoms with van der Waals surface area (Å²) >= 11 is 1.69. The van der Waals surface area contributed by atoms with Crippen LogP contribution in [-0.2, 0) is 6.54 Å². The maximum absolute atomic E-state index is 5.70. The predicted octanol–water partition coefficient (Wildman–Crippen LogP) is 2.65. The first-order chi connectivity index (χ1) is 7.22. The Hall–Kier alpha value is -1.13. The molecule has 0 aliphatic rings. The second-order valence-corrected chi connectivity index (χ2v) is 4.56. The van der Waals surface area contributed by atoms with Gasteiger partial charge in [0, 0.05) is 23.5 Å². The smallest absolute Gasteiger partial charge is 0.0935 e. The van der Waals surface area contributed by atoms with Crippen molar-refractivity contribution in [3.63, 3.8) is 0 Å². The molecule has 80 valence electrons. The normalized spacial score (nSPS) is 11.2. The molecule has 2 aromatic heterocycles. The van der Waals surface area contributed by atoms with Gasteiger partial charge in [-0.3, -0.25) is 4.68 Å². The molecule has 0 atom stereocenters. The van der Waals surface area contributed by atoms with E-state index in [1.165, 1.54) is 5.56 Å². The van der Waals surface area contributed by atoms with E-state index in [-0.39, 0.29) is 0 Å². The van der Waals surface area contributed by atoms with E-state index in [4.69, 9.17) is 5.73 Å². The SMILES string of the molecule is CC(C)n1nc(-c2ccsc2)cc1CN. The van der Waals surface area contributed by atoms with Crippen LogP contribution in [0.1, 0.15) is 25.6 Å². The summed E-state index contributed by atoms with van der Waals surface area (Å²) in [6.45, 7) is 4.77. The van der Waals surface area contributed by atoms with Gasteiger partial charge in [0.25, 0.3) is 0 Å². The fraction of sp³-hybridized carbons (Fsp3) is 0.364. The maximum atomic E-state index is 5.70. The second-order valence-electron chi connectivity index (χ2n) is 3.78. The molecule has 0 saturated carbocycles. The highest BCUT2D eigenvalue weighted by molar-refractivity contribution is 7.08. The molecule has 0 fully saturated rings. The molecule has 2 heterocycles. The first kappa shape index (κ1) is 10.4. The van der Waals surface area contributed by atoms with E-state index in [1.807, 2.05) is 4.68 Å². The van der Waals surface area contributed by atoms with Crippen LogP contribution < -0.4 is 5.73 Å². The predicted molar refractivity (Wildman–Crippen MR) is 63.8 cm³/mol. The molecule has 0 bridgehead atoms. The number of thiophene rings is 1. The van der Waals surface area contributed by atoms with E-state index < -0.39 is 0 Å². The van der Waals surface area contributed by atoms with Crippen LogP contribution in [0.3, 0.4) is 0 Å². The lowest BCUT2D eigenvalue weighted by Gasteiger charge is -2.08. The molecule has 0 spiro atoms. The van der Waals surface area contributed by atoms with Crippen LogP contribution in [0.4, 0.5) is 0 Å². The zero-order valence-electron chi connectivity index (χ0n) is 8.97. The van der Waals surface area contributed by atoms with Gasteiger partial charge in [-0.1, -0.05) is 0 Å². The fourth-order valence-electron chi connectivity index (χ4n) is 1.58. The van der Waals surface area contributed by atoms with E-state index in [9.17, 15) is 0 Å². The lowest BCUT2D eigenvalue weighted by molar-refractivity contribution is 0.511. The Morgan fingerprint density at radius 3 is 2.80 bits per heavy atom. The van der Waals surface area contributed by atoms with E-state index in [1.54, 1.807) is 11.3 Å². The average molecular weight is 221 g/mol. The van der Waals surface area contributed by atoms with Gasteiger partial charge in [-0.05, 0) is 31.4 Å². The molecule has 2 aromatic rings. The number of rotatable bonds is 3. The largest absolute Gasteiger partial charge is 0.325 e. The molecule has 0 saturated heterocycles. The summed E-state index contributed by atoms with van der Waals surface area (Å²) in [6, 6.07) is 4.51. The van der Waals surface area contributed by atoms with Crippen molar-refractivity contribution in [2.45, 2.75) is 26.4 Å². The van der Waals surface area contributed by atoms with Crippen LogP contribution in [0.5, 0.6) is 0 Å². The number of nitrogens with two attached hydrogens (primary N) is 1. The van der Waals surface area contributed by atoms with Gasteiger partial charge in [0.1, 0.15) is 0 Å². The minimum Gasteiger partial charge on any atom is -0.325 e. The molecule has 0 aliphatic carbocycles. The molecule has 0 aliphatic heterocycles. The Balaban J connectivity index is 2.43. The lowest BCUT2D eigenvalue weighted by Crippen LogP contribution is -2.10. The quantitative estimate of drug-likeness (QED) is 0.866. The Kier molecular flexibility index (Phi) is 2.88. The molecular weight excluding hydrogens is 206 g/mol. The molecule has 0 unspecified atom stereocenters. The molecule has 2 rings (SSSR count). The zero-order valence-corrected chi connectivity index (χ0v) is 9.79. The van der Waals surface area contributed by atoms with Crippen molar-refractivity contribution in [2.24, 2.45) is 5.73 Å². The van der Waals surface area contributed by atoms with Crippen LogP contribution in [0, 0.1) is 0 Å². The van der Waals surface area contributed by atoms with Crippen LogP contribution in [0.15, 0.2) is 22.9 Å². The Labute approximate surface area is 93.5 Å². The van der Waals surface area contributed by atoms with E-state index in [0.29, 0.717) is 12.6 Å². The standard InChI is InChI=1S/C11H15N3S/c1-8(2)14-10(6-12)5-11(13-14)9-3-4-15-7-9/h3-5,7-8H,6,12H2,1-2H3. The van der Waals surface area contributed by atoms with Gasteiger partial charge in [-0.15, -0.1) is 0 Å². The van der Waals surface area contributed by atoms with Crippen molar-refractivity contribution >= 4 is 11.3 Å². The number of nitrogens with zero attached hydrogens (tertiary/aromatic N) is 2. The number of aromatic nitrogens is 2. The highest BCUT2D eigenvalue weighted by atomic mass is 32.1. The second kappa shape index (κ2) is 4.16. The summed E-state index contributed by atoms with van der Waals surface area (Å²) in [5.41, 5.74) is 8.98. The van der Waals surface area contributed by atoms with Gasteiger partial charge in [-0.25, -0.2) is 0 Å². The maximum Gasteiger partial charge on any atom is 0.0935 e. The monoisotopic (exact) mass is 221 g/mol. The van der Waals surface area contributed by atoms with Gasteiger partial charge in [-0.2, -0.15) is 16.4 Å². The van der Waals surface area contributed by atoms with Crippen molar-refractivity contribution < 1.29 is 0 Å². The third-order valence-corrected chi connectivity index (χ3v) is 3.01. The first-order valence-corrected chi connectivity index (χ1v) is 5.97. The molecule has 4 heteroatoms. The summed E-state index contributed by atoms with van der Waals surface area (Å²) in [6.07, 6.45) is 0. The summed E-state index contributed by atoms with van der Waals surface area (Å²) in [5.74, 6) is 0. The van der Waals surface area contributed by atoms with Crippen molar-refractivity contribution in [1.82, 2.24) is 9.78 Å². The Morgan fingerprint density at radius 1 is 1.53 bits per heavy atom. The van der Waals surface area contributed by atoms with E-state index >= 15 is 0 Å². The van der Waals surface area contributed by atoms with Crippen LogP contribution in [0.25, 0.3) is 11.3 Å². The van der Waals surface area contributed by atoms with Crippen LogP contribution >= 0.6 is 11.3 Å². The Morgan fingerprint density at radius 2 is 2.33 bits per heavy atom. The molecule has 2 N–H and O–H groups in total. The molecule has 0 aromatic carbocycles. The highest BCUT2D eigenvalue weighted by Crippen LogP contribution is 2.23. The molecule has 0 amide bonds. The first-order valence-electron chi connectivity index (χ1n) is 5.03. The summed E-state index contributed by atoms with van der Waals surface area (Å²) in [7, 11) is 0. The third kappa shape index (κ3) is 1.96. The fourth-order valence-corrected chi connectivity index (χ4v) is 2.23. The number of hydrogen-bond acceptors (Lipinski definition) is 3. The van der Waals surface area contributed by atoms with Crippen LogP contribution in [0.2, 0.25) is 0 Å². The van der Waals surface area contributed by atoms with Gasteiger partial charge >= 0.3 is 0 Å². The van der Waals surface area contributed by atoms with Gasteiger partial charge in [0.15, 0.2) is 0 Å². The van der Waals surface area contributed by atoms with Crippen molar-refractivity contribution in [2.75, 3.05) is 0 Å². The Bertz CT molecular complexity index is 429. The average Bonchev–Trinajstić information content (AvgIpc) is 2.86.